The fourth-order valence-corrected chi connectivity index (χ4v) is 4.42. The first-order valence-corrected chi connectivity index (χ1v) is 11.9. The highest BCUT2D eigenvalue weighted by Gasteiger charge is 2.36. The number of hydrogen-bond acceptors (Lipinski definition) is 6. The number of non-ortho nitro benzene ring substituents is 1. The minimum atomic E-state index is -0.847. The normalized spacial score (nSPS) is 14.6. The van der Waals surface area contributed by atoms with Crippen LogP contribution in [0.3, 0.4) is 0 Å². The highest BCUT2D eigenvalue weighted by molar-refractivity contribution is 6.24. The van der Waals surface area contributed by atoms with Crippen LogP contribution >= 0.6 is 0 Å². The Morgan fingerprint density at radius 1 is 1.13 bits per heavy atom. The van der Waals surface area contributed by atoms with E-state index in [1.807, 2.05) is 66.3 Å². The van der Waals surface area contributed by atoms with Crippen molar-refractivity contribution in [2.24, 2.45) is 12.0 Å². The highest BCUT2D eigenvalue weighted by Crippen LogP contribution is 2.38. The van der Waals surface area contributed by atoms with Crippen molar-refractivity contribution in [3.05, 3.63) is 106 Å². The van der Waals surface area contributed by atoms with E-state index in [9.17, 15) is 19.7 Å². The third-order valence-corrected chi connectivity index (χ3v) is 6.34. The summed E-state index contributed by atoms with van der Waals surface area (Å²) in [5.41, 5.74) is 4.47. The number of nitrogens with zero attached hydrogens (tertiary/aromatic N) is 4. The first-order chi connectivity index (χ1) is 18.3. The Morgan fingerprint density at radius 2 is 1.87 bits per heavy atom. The van der Waals surface area contributed by atoms with Gasteiger partial charge in [0.05, 0.1) is 16.3 Å². The quantitative estimate of drug-likeness (QED) is 0.216. The summed E-state index contributed by atoms with van der Waals surface area (Å²) in [4.78, 5) is 44.7. The summed E-state index contributed by atoms with van der Waals surface area (Å²) in [6.45, 7) is 1.82. The minimum absolute atomic E-state index is 0.102. The zero-order valence-corrected chi connectivity index (χ0v) is 20.7. The van der Waals surface area contributed by atoms with Gasteiger partial charge in [0, 0.05) is 61.9 Å². The Kier molecular flexibility index (Phi) is 6.53. The second-order valence-electron chi connectivity index (χ2n) is 8.96. The number of anilines is 1. The maximum Gasteiger partial charge on any atom is 0.269 e. The van der Waals surface area contributed by atoms with Gasteiger partial charge in [-0.05, 0) is 41.5 Å². The van der Waals surface area contributed by atoms with Crippen LogP contribution < -0.4 is 10.6 Å². The maximum absolute atomic E-state index is 13.2. The van der Waals surface area contributed by atoms with Crippen LogP contribution in [0.5, 0.6) is 0 Å². The molecule has 0 fully saturated rings. The van der Waals surface area contributed by atoms with Gasteiger partial charge in [-0.1, -0.05) is 24.3 Å². The van der Waals surface area contributed by atoms with Gasteiger partial charge in [-0.25, -0.2) is 4.98 Å². The van der Waals surface area contributed by atoms with Gasteiger partial charge < -0.3 is 15.2 Å². The average molecular weight is 509 g/mol. The Morgan fingerprint density at radius 3 is 2.50 bits per heavy atom. The molecule has 0 spiro atoms. The molecule has 4 aromatic rings. The number of carbonyl (C=O) groups excluding carboxylic acids is 2. The molecule has 190 valence electrons. The molecule has 1 aromatic heterocycles. The SMILES string of the molecule is CC(=O)NCc1ccc(C(=Nc2ccc(-c3nccn3C)cc2)C2C(=O)Nc3ccc([N+](=O)[O-])cc32)cc1. The molecule has 10 heteroatoms. The molecule has 2 amide bonds. The zero-order chi connectivity index (χ0) is 26.8. The second-order valence-corrected chi connectivity index (χ2v) is 8.96. The summed E-state index contributed by atoms with van der Waals surface area (Å²) in [7, 11) is 1.91. The van der Waals surface area contributed by atoms with Crippen molar-refractivity contribution in [2.75, 3.05) is 5.32 Å². The molecule has 10 nitrogen and oxygen atoms in total. The second kappa shape index (κ2) is 10.1. The molecule has 38 heavy (non-hydrogen) atoms. The number of aliphatic imine (C=N–C) groups is 1. The molecule has 0 radical (unpaired) electrons. The van der Waals surface area contributed by atoms with Crippen LogP contribution in [0.15, 0.2) is 84.1 Å². The van der Waals surface area contributed by atoms with Crippen molar-refractivity contribution in [1.29, 1.82) is 0 Å². The Bertz CT molecular complexity index is 1570. The number of amides is 2. The lowest BCUT2D eigenvalue weighted by molar-refractivity contribution is -0.384. The molecule has 0 saturated carbocycles. The predicted octanol–water partition coefficient (Wildman–Crippen LogP) is 4.49. The van der Waals surface area contributed by atoms with E-state index in [0.717, 1.165) is 17.0 Å². The van der Waals surface area contributed by atoms with Crippen LogP contribution in [0.4, 0.5) is 17.1 Å². The summed E-state index contributed by atoms with van der Waals surface area (Å²) >= 11 is 0. The number of aryl methyl sites for hydroxylation is 1. The molecule has 2 N–H and O–H groups in total. The number of nitro groups is 1. The van der Waals surface area contributed by atoms with E-state index in [-0.39, 0.29) is 17.5 Å². The Labute approximate surface area is 218 Å². The smallest absolute Gasteiger partial charge is 0.269 e. The fourth-order valence-electron chi connectivity index (χ4n) is 4.42. The lowest BCUT2D eigenvalue weighted by Gasteiger charge is -2.15. The molecule has 0 bridgehead atoms. The third-order valence-electron chi connectivity index (χ3n) is 6.34. The first kappa shape index (κ1) is 24.6. The van der Waals surface area contributed by atoms with E-state index in [2.05, 4.69) is 15.6 Å². The van der Waals surface area contributed by atoms with Crippen molar-refractivity contribution in [2.45, 2.75) is 19.4 Å². The number of aromatic nitrogens is 2. The standard InChI is InChI=1S/C28H24N6O4/c1-17(35)30-16-18-3-5-19(6-4-18)26(25-23-15-22(34(37)38)11-12-24(23)32-28(25)36)31-21-9-7-20(8-10-21)27-29-13-14-33(27)2/h3-15,25H,16H2,1-2H3,(H,30,35)(H,32,36). The number of nitrogens with one attached hydrogen (secondary N) is 2. The average Bonchev–Trinajstić information content (AvgIpc) is 3.48. The topological polar surface area (TPSA) is 132 Å². The molecule has 0 saturated heterocycles. The van der Waals surface area contributed by atoms with E-state index < -0.39 is 10.8 Å². The van der Waals surface area contributed by atoms with Gasteiger partial charge in [0.1, 0.15) is 11.7 Å². The predicted molar refractivity (Wildman–Crippen MR) is 143 cm³/mol. The molecule has 0 aliphatic carbocycles. The van der Waals surface area contributed by atoms with Gasteiger partial charge in [0.2, 0.25) is 11.8 Å². The van der Waals surface area contributed by atoms with Crippen LogP contribution in [-0.2, 0) is 23.2 Å². The maximum atomic E-state index is 13.2. The number of nitro benzene ring substituents is 1. The van der Waals surface area contributed by atoms with Gasteiger partial charge in [-0.3, -0.25) is 24.7 Å². The van der Waals surface area contributed by atoms with Crippen molar-refractivity contribution < 1.29 is 14.5 Å². The minimum Gasteiger partial charge on any atom is -0.352 e. The van der Waals surface area contributed by atoms with Gasteiger partial charge >= 0.3 is 0 Å². The summed E-state index contributed by atoms with van der Waals surface area (Å²) in [6.07, 6.45) is 3.59. The molecule has 5 rings (SSSR count). The van der Waals surface area contributed by atoms with Gasteiger partial charge in [0.25, 0.3) is 5.69 Å². The molecule has 1 aliphatic heterocycles. The number of carbonyl (C=O) groups is 2. The number of hydrogen-bond donors (Lipinski definition) is 2. The number of rotatable bonds is 7. The molecule has 1 atom stereocenters. The third kappa shape index (κ3) is 4.92. The molecule has 1 aliphatic rings. The summed E-state index contributed by atoms with van der Waals surface area (Å²) in [6, 6.07) is 19.2. The van der Waals surface area contributed by atoms with E-state index in [1.54, 1.807) is 12.3 Å². The first-order valence-electron chi connectivity index (χ1n) is 11.9. The number of fused-ring (bicyclic) bond motifs is 1. The van der Waals surface area contributed by atoms with Crippen LogP contribution in [0.25, 0.3) is 11.4 Å². The van der Waals surface area contributed by atoms with Crippen LogP contribution in [0, 0.1) is 10.1 Å². The summed E-state index contributed by atoms with van der Waals surface area (Å²) in [5.74, 6) is -0.482. The molecular weight excluding hydrogens is 484 g/mol. The van der Waals surface area contributed by atoms with E-state index in [1.165, 1.54) is 19.1 Å². The molecule has 2 heterocycles. The molecule has 1 unspecified atom stereocenters. The van der Waals surface area contributed by atoms with Crippen molar-refractivity contribution in [3.8, 4) is 11.4 Å². The highest BCUT2D eigenvalue weighted by atomic mass is 16.6. The van der Waals surface area contributed by atoms with Crippen LogP contribution in [-0.4, -0.2) is 32.0 Å². The largest absolute Gasteiger partial charge is 0.352 e. The number of benzene rings is 3. The monoisotopic (exact) mass is 508 g/mol. The number of imidazole rings is 1. The van der Waals surface area contributed by atoms with Gasteiger partial charge in [-0.15, -0.1) is 0 Å². The Balaban J connectivity index is 1.58. The Hall–Kier alpha value is -5.12. The summed E-state index contributed by atoms with van der Waals surface area (Å²) in [5, 5.41) is 17.0. The molecular formula is C28H24N6O4. The van der Waals surface area contributed by atoms with Crippen molar-refractivity contribution in [3.63, 3.8) is 0 Å². The van der Waals surface area contributed by atoms with Crippen molar-refractivity contribution >= 4 is 34.6 Å². The van der Waals surface area contributed by atoms with Gasteiger partial charge in [-0.2, -0.15) is 0 Å². The lowest BCUT2D eigenvalue weighted by Crippen LogP contribution is -2.22. The van der Waals surface area contributed by atoms with E-state index in [4.69, 9.17) is 4.99 Å². The molecule has 3 aromatic carbocycles. The fraction of sp³-hybridized carbons (Fsp3) is 0.143. The van der Waals surface area contributed by atoms with Gasteiger partial charge in [0.15, 0.2) is 0 Å². The van der Waals surface area contributed by atoms with E-state index >= 15 is 0 Å². The zero-order valence-electron chi connectivity index (χ0n) is 20.7. The van der Waals surface area contributed by atoms with Crippen molar-refractivity contribution in [1.82, 2.24) is 14.9 Å². The lowest BCUT2D eigenvalue weighted by atomic mass is 9.90. The van der Waals surface area contributed by atoms with Crippen LogP contribution in [0.2, 0.25) is 0 Å². The van der Waals surface area contributed by atoms with E-state index in [0.29, 0.717) is 34.8 Å². The van der Waals surface area contributed by atoms with Crippen LogP contribution in [0.1, 0.15) is 29.5 Å². The summed E-state index contributed by atoms with van der Waals surface area (Å²) < 4.78 is 1.92.